The predicted octanol–water partition coefficient (Wildman–Crippen LogP) is 1.52. The maximum Gasteiger partial charge on any atom is 0.175 e. The number of rotatable bonds is 6. The largest absolute Gasteiger partial charge is 0.325 e. The minimum Gasteiger partial charge on any atom is -0.325 e. The molecule has 1 aromatic carbocycles. The summed E-state index contributed by atoms with van der Waals surface area (Å²) in [5, 5.41) is 6.75. The van der Waals surface area contributed by atoms with Crippen molar-refractivity contribution in [1.29, 1.82) is 0 Å². The van der Waals surface area contributed by atoms with Crippen LogP contribution in [0.25, 0.3) is 11.0 Å². The van der Waals surface area contributed by atoms with E-state index in [4.69, 9.17) is 4.98 Å². The molecule has 1 aliphatic rings. The molecule has 3 rings (SSSR count). The van der Waals surface area contributed by atoms with Gasteiger partial charge < -0.3 is 15.2 Å². The zero-order valence-electron chi connectivity index (χ0n) is 14.4. The molecule has 0 atom stereocenters. The van der Waals surface area contributed by atoms with E-state index >= 15 is 0 Å². The highest BCUT2D eigenvalue weighted by Crippen LogP contribution is 2.28. The first kappa shape index (κ1) is 17.4. The summed E-state index contributed by atoms with van der Waals surface area (Å²) in [6.07, 6.45) is 4.24. The van der Waals surface area contributed by atoms with Crippen LogP contribution in [0.3, 0.4) is 0 Å². The molecule has 0 radical (unpaired) electrons. The van der Waals surface area contributed by atoms with Gasteiger partial charge in [-0.1, -0.05) is 6.92 Å². The van der Waals surface area contributed by atoms with Gasteiger partial charge in [0.25, 0.3) is 0 Å². The van der Waals surface area contributed by atoms with Crippen LogP contribution in [0, 0.1) is 0 Å². The van der Waals surface area contributed by atoms with Crippen LogP contribution >= 0.6 is 0 Å². The molecular formula is C17H26N4O2S. The molecule has 1 fully saturated rings. The van der Waals surface area contributed by atoms with Gasteiger partial charge in [0.05, 0.1) is 15.9 Å². The van der Waals surface area contributed by atoms with Crippen molar-refractivity contribution >= 4 is 20.9 Å². The van der Waals surface area contributed by atoms with E-state index < -0.39 is 9.84 Å². The number of hydrogen-bond donors (Lipinski definition) is 2. The Morgan fingerprint density at radius 2 is 2.08 bits per heavy atom. The van der Waals surface area contributed by atoms with E-state index in [9.17, 15) is 8.42 Å². The van der Waals surface area contributed by atoms with Crippen LogP contribution in [0.4, 0.5) is 0 Å². The number of hydrogen-bond acceptors (Lipinski definition) is 5. The van der Waals surface area contributed by atoms with Crippen molar-refractivity contribution in [3.63, 3.8) is 0 Å². The van der Waals surface area contributed by atoms with Crippen LogP contribution < -0.4 is 10.6 Å². The SMILES string of the molecule is CCNCCc1nc2cc(S(C)(=O)=O)ccc2n1C1CCNCC1. The second kappa shape index (κ2) is 7.21. The van der Waals surface area contributed by atoms with E-state index in [1.165, 1.54) is 6.26 Å². The molecule has 0 bridgehead atoms. The lowest BCUT2D eigenvalue weighted by Gasteiger charge is -2.26. The van der Waals surface area contributed by atoms with Crippen molar-refractivity contribution in [2.45, 2.75) is 37.1 Å². The second-order valence-corrected chi connectivity index (χ2v) is 8.42. The number of benzene rings is 1. The summed E-state index contributed by atoms with van der Waals surface area (Å²) in [6.45, 7) is 5.93. The molecule has 0 amide bonds. The quantitative estimate of drug-likeness (QED) is 0.773. The fraction of sp³-hybridized carbons (Fsp3) is 0.588. The van der Waals surface area contributed by atoms with Crippen LogP contribution in [0.2, 0.25) is 0 Å². The highest BCUT2D eigenvalue weighted by Gasteiger charge is 2.22. The number of piperidine rings is 1. The van der Waals surface area contributed by atoms with Gasteiger partial charge in [-0.15, -0.1) is 0 Å². The van der Waals surface area contributed by atoms with Crippen molar-refractivity contribution in [3.05, 3.63) is 24.0 Å². The predicted molar refractivity (Wildman–Crippen MR) is 96.2 cm³/mol. The lowest BCUT2D eigenvalue weighted by Crippen LogP contribution is -2.30. The van der Waals surface area contributed by atoms with Gasteiger partial charge in [-0.25, -0.2) is 13.4 Å². The maximum atomic E-state index is 11.8. The van der Waals surface area contributed by atoms with Crippen molar-refractivity contribution in [3.8, 4) is 0 Å². The van der Waals surface area contributed by atoms with Gasteiger partial charge in [-0.2, -0.15) is 0 Å². The molecule has 2 heterocycles. The lowest BCUT2D eigenvalue weighted by molar-refractivity contribution is 0.366. The molecule has 1 aromatic heterocycles. The van der Waals surface area contributed by atoms with Gasteiger partial charge in [0, 0.05) is 25.3 Å². The summed E-state index contributed by atoms with van der Waals surface area (Å²) in [6, 6.07) is 5.75. The molecule has 2 aromatic rings. The standard InChI is InChI=1S/C17H26N4O2S/c1-3-18-11-8-17-20-15-12-14(24(2,22)23)4-5-16(15)21(17)13-6-9-19-10-7-13/h4-5,12-13,18-19H,3,6-11H2,1-2H3. The first-order chi connectivity index (χ1) is 11.5. The molecule has 7 heteroatoms. The molecule has 24 heavy (non-hydrogen) atoms. The average Bonchev–Trinajstić information content (AvgIpc) is 2.92. The van der Waals surface area contributed by atoms with E-state index in [1.807, 2.05) is 6.07 Å². The number of aromatic nitrogens is 2. The van der Waals surface area contributed by atoms with Crippen LogP contribution in [-0.4, -0.2) is 50.4 Å². The van der Waals surface area contributed by atoms with Crippen molar-refractivity contribution in [1.82, 2.24) is 20.2 Å². The van der Waals surface area contributed by atoms with Crippen LogP contribution in [0.5, 0.6) is 0 Å². The Balaban J connectivity index is 2.04. The summed E-state index contributed by atoms with van der Waals surface area (Å²) in [5.41, 5.74) is 1.82. The first-order valence-electron chi connectivity index (χ1n) is 8.63. The molecule has 6 nitrogen and oxygen atoms in total. The monoisotopic (exact) mass is 350 g/mol. The number of likely N-dealkylation sites (N-methyl/N-ethyl adjacent to an activating group) is 1. The van der Waals surface area contributed by atoms with E-state index in [2.05, 4.69) is 22.1 Å². The third kappa shape index (κ3) is 3.63. The number of sulfone groups is 1. The van der Waals surface area contributed by atoms with Gasteiger partial charge >= 0.3 is 0 Å². The zero-order chi connectivity index (χ0) is 17.2. The Morgan fingerprint density at radius 1 is 1.33 bits per heavy atom. The van der Waals surface area contributed by atoms with E-state index in [-0.39, 0.29) is 0 Å². The summed E-state index contributed by atoms with van der Waals surface area (Å²) in [7, 11) is -3.22. The second-order valence-electron chi connectivity index (χ2n) is 6.41. The number of nitrogens with one attached hydrogen (secondary N) is 2. The molecule has 132 valence electrons. The third-order valence-electron chi connectivity index (χ3n) is 4.61. The number of nitrogens with zero attached hydrogens (tertiary/aromatic N) is 2. The number of imidazole rings is 1. The van der Waals surface area contributed by atoms with Crippen LogP contribution in [0.1, 0.15) is 31.6 Å². The number of fused-ring (bicyclic) bond motifs is 1. The van der Waals surface area contributed by atoms with Gasteiger partial charge in [0.2, 0.25) is 0 Å². The topological polar surface area (TPSA) is 76.0 Å². The Morgan fingerprint density at radius 3 is 2.75 bits per heavy atom. The van der Waals surface area contributed by atoms with Gasteiger partial charge in [0.1, 0.15) is 5.82 Å². The lowest BCUT2D eigenvalue weighted by atomic mass is 10.1. The minimum atomic E-state index is -3.22. The Kier molecular flexibility index (Phi) is 5.22. The third-order valence-corrected chi connectivity index (χ3v) is 5.72. The van der Waals surface area contributed by atoms with Crippen LogP contribution in [0.15, 0.2) is 23.1 Å². The summed E-state index contributed by atoms with van der Waals surface area (Å²) >= 11 is 0. The zero-order valence-corrected chi connectivity index (χ0v) is 15.2. The fourth-order valence-electron chi connectivity index (χ4n) is 3.38. The molecular weight excluding hydrogens is 324 g/mol. The fourth-order valence-corrected chi connectivity index (χ4v) is 4.03. The molecule has 1 saturated heterocycles. The van der Waals surface area contributed by atoms with Crippen LogP contribution in [-0.2, 0) is 16.3 Å². The Labute approximate surface area is 143 Å². The normalized spacial score (nSPS) is 16.8. The summed E-state index contributed by atoms with van der Waals surface area (Å²) in [5.74, 6) is 1.04. The van der Waals surface area contributed by atoms with E-state index in [1.54, 1.807) is 12.1 Å². The van der Waals surface area contributed by atoms with Crippen molar-refractivity contribution < 1.29 is 8.42 Å². The Hall–Kier alpha value is -1.44. The molecule has 0 unspecified atom stereocenters. The van der Waals surface area contributed by atoms with Gasteiger partial charge in [0.15, 0.2) is 9.84 Å². The summed E-state index contributed by atoms with van der Waals surface area (Å²) < 4.78 is 26.0. The van der Waals surface area contributed by atoms with Crippen molar-refractivity contribution in [2.24, 2.45) is 0 Å². The maximum absolute atomic E-state index is 11.8. The van der Waals surface area contributed by atoms with Gasteiger partial charge in [-0.05, 0) is 50.7 Å². The summed E-state index contributed by atoms with van der Waals surface area (Å²) in [4.78, 5) is 5.11. The first-order valence-corrected chi connectivity index (χ1v) is 10.5. The highest BCUT2D eigenvalue weighted by molar-refractivity contribution is 7.90. The van der Waals surface area contributed by atoms with Gasteiger partial charge in [-0.3, -0.25) is 0 Å². The molecule has 2 N–H and O–H groups in total. The van der Waals surface area contributed by atoms with Crippen molar-refractivity contribution in [2.75, 3.05) is 32.4 Å². The van der Waals surface area contributed by atoms with E-state index in [0.29, 0.717) is 10.9 Å². The smallest absolute Gasteiger partial charge is 0.175 e. The molecule has 1 aliphatic heterocycles. The average molecular weight is 350 g/mol. The van der Waals surface area contributed by atoms with E-state index in [0.717, 1.165) is 62.3 Å². The molecule has 0 aliphatic carbocycles. The minimum absolute atomic E-state index is 0.336. The molecule has 0 saturated carbocycles. The Bertz CT molecular complexity index is 807. The highest BCUT2D eigenvalue weighted by atomic mass is 32.2. The molecule has 0 spiro atoms.